The van der Waals surface area contributed by atoms with Gasteiger partial charge in [-0.2, -0.15) is 0 Å². The van der Waals surface area contributed by atoms with Gasteiger partial charge >= 0.3 is 0 Å². The molecule has 0 saturated carbocycles. The summed E-state index contributed by atoms with van der Waals surface area (Å²) in [5.74, 6) is 2.27. The monoisotopic (exact) mass is 170 g/mol. The Bertz CT molecular complexity index is 95.6. The minimum absolute atomic E-state index is 0.675. The highest BCUT2D eigenvalue weighted by Crippen LogP contribution is 2.22. The van der Waals surface area contributed by atoms with E-state index < -0.39 is 0 Å². The fourth-order valence-electron chi connectivity index (χ4n) is 1.20. The third kappa shape index (κ3) is 4.85. The molecule has 0 aliphatic heterocycles. The van der Waals surface area contributed by atoms with Gasteiger partial charge in [0.1, 0.15) is 0 Å². The molecule has 0 aliphatic carbocycles. The average molecular weight is 170 g/mol. The van der Waals surface area contributed by atoms with Gasteiger partial charge in [0.05, 0.1) is 7.85 Å². The molecule has 0 N–H and O–H groups in total. The second-order valence-electron chi connectivity index (χ2n) is 3.77. The minimum Gasteiger partial charge on any atom is -0.137 e. The van der Waals surface area contributed by atoms with Gasteiger partial charge in [0.25, 0.3) is 0 Å². The standard InChI is InChI=1S/C9H20BP/c1-7(6-11)4-8(2)9(3)5-10/h7-9H,4-6,11H2,1-3H3/t7-,8-,9-/m0/s1. The lowest BCUT2D eigenvalue weighted by atomic mass is 9.80. The maximum Gasteiger partial charge on any atom is 0.0656 e. The summed E-state index contributed by atoms with van der Waals surface area (Å²) >= 11 is 0. The van der Waals surface area contributed by atoms with Crippen LogP contribution in [0.2, 0.25) is 6.32 Å². The number of hydrogen-bond donors (Lipinski definition) is 0. The molecule has 0 aromatic heterocycles. The van der Waals surface area contributed by atoms with Crippen LogP contribution in [-0.4, -0.2) is 14.0 Å². The third-order valence-corrected chi connectivity index (χ3v) is 3.32. The van der Waals surface area contributed by atoms with Crippen LogP contribution < -0.4 is 0 Å². The zero-order chi connectivity index (χ0) is 8.85. The van der Waals surface area contributed by atoms with Crippen LogP contribution in [-0.2, 0) is 0 Å². The Labute approximate surface area is 75.1 Å². The van der Waals surface area contributed by atoms with Crippen molar-refractivity contribution in [2.75, 3.05) is 6.16 Å². The largest absolute Gasteiger partial charge is 0.137 e. The Morgan fingerprint density at radius 3 is 2.09 bits per heavy atom. The quantitative estimate of drug-likeness (QED) is 0.439. The molecule has 0 rings (SSSR count). The molecule has 11 heavy (non-hydrogen) atoms. The molecule has 0 spiro atoms. The van der Waals surface area contributed by atoms with E-state index in [-0.39, 0.29) is 0 Å². The molecular formula is C9H20BP. The molecule has 0 aromatic carbocycles. The Hall–Kier alpha value is 0.495. The van der Waals surface area contributed by atoms with E-state index in [4.69, 9.17) is 7.85 Å². The van der Waals surface area contributed by atoms with Crippen molar-refractivity contribution in [2.45, 2.75) is 33.5 Å². The SMILES string of the molecule is [B]C[C@H](C)[C@@H](C)C[C@H](C)CP. The van der Waals surface area contributed by atoms with Gasteiger partial charge in [-0.1, -0.05) is 27.1 Å². The van der Waals surface area contributed by atoms with Crippen molar-refractivity contribution in [3.63, 3.8) is 0 Å². The lowest BCUT2D eigenvalue weighted by molar-refractivity contribution is 0.347. The Morgan fingerprint density at radius 2 is 1.73 bits per heavy atom. The number of hydrogen-bond acceptors (Lipinski definition) is 0. The molecule has 1 unspecified atom stereocenters. The van der Waals surface area contributed by atoms with Crippen molar-refractivity contribution >= 4 is 17.1 Å². The first kappa shape index (κ1) is 11.5. The lowest BCUT2D eigenvalue weighted by Gasteiger charge is -2.21. The van der Waals surface area contributed by atoms with Gasteiger partial charge in [0.15, 0.2) is 0 Å². The van der Waals surface area contributed by atoms with E-state index in [1.807, 2.05) is 0 Å². The van der Waals surface area contributed by atoms with E-state index in [9.17, 15) is 0 Å². The lowest BCUT2D eigenvalue weighted by Crippen LogP contribution is -2.12. The summed E-state index contributed by atoms with van der Waals surface area (Å²) in [6.45, 7) is 6.83. The smallest absolute Gasteiger partial charge is 0.0656 e. The van der Waals surface area contributed by atoms with E-state index in [0.29, 0.717) is 5.92 Å². The summed E-state index contributed by atoms with van der Waals surface area (Å²) in [5, 5.41) is 0. The summed E-state index contributed by atoms with van der Waals surface area (Å²) in [6.07, 6.45) is 3.34. The first-order chi connectivity index (χ1) is 5.11. The fraction of sp³-hybridized carbons (Fsp3) is 1.00. The second kappa shape index (κ2) is 6.06. The summed E-state index contributed by atoms with van der Waals surface area (Å²) in [7, 11) is 8.39. The van der Waals surface area contributed by atoms with Crippen LogP contribution in [0.5, 0.6) is 0 Å². The van der Waals surface area contributed by atoms with Crippen LogP contribution in [0, 0.1) is 17.8 Å². The Morgan fingerprint density at radius 1 is 1.18 bits per heavy atom. The predicted octanol–water partition coefficient (Wildman–Crippen LogP) is 2.75. The van der Waals surface area contributed by atoms with Crippen LogP contribution in [0.1, 0.15) is 27.2 Å². The minimum atomic E-state index is 0.675. The van der Waals surface area contributed by atoms with Crippen molar-refractivity contribution < 1.29 is 0 Å². The molecule has 0 aliphatic rings. The van der Waals surface area contributed by atoms with E-state index >= 15 is 0 Å². The first-order valence-corrected chi connectivity index (χ1v) is 5.33. The van der Waals surface area contributed by atoms with Crippen molar-refractivity contribution in [1.29, 1.82) is 0 Å². The zero-order valence-electron chi connectivity index (χ0n) is 8.01. The second-order valence-corrected chi connectivity index (χ2v) is 4.24. The highest BCUT2D eigenvalue weighted by atomic mass is 31.0. The molecule has 0 fully saturated rings. The van der Waals surface area contributed by atoms with E-state index in [0.717, 1.165) is 18.2 Å². The van der Waals surface area contributed by atoms with Gasteiger partial charge < -0.3 is 0 Å². The first-order valence-electron chi connectivity index (χ1n) is 4.51. The van der Waals surface area contributed by atoms with Gasteiger partial charge in [-0.05, 0) is 30.3 Å². The Balaban J connectivity index is 3.58. The maximum atomic E-state index is 5.58. The topological polar surface area (TPSA) is 0 Å². The van der Waals surface area contributed by atoms with Gasteiger partial charge in [-0.3, -0.25) is 0 Å². The molecule has 2 heteroatoms. The molecule has 0 saturated heterocycles. The maximum absolute atomic E-state index is 5.58. The van der Waals surface area contributed by atoms with Gasteiger partial charge in [0.2, 0.25) is 0 Å². The van der Waals surface area contributed by atoms with Gasteiger partial charge in [-0.15, -0.1) is 9.24 Å². The van der Waals surface area contributed by atoms with Crippen LogP contribution in [0.4, 0.5) is 0 Å². The summed E-state index contributed by atoms with van der Waals surface area (Å²) in [6, 6.07) is 0. The van der Waals surface area contributed by atoms with Gasteiger partial charge in [-0.25, -0.2) is 0 Å². The molecule has 2 radical (unpaired) electrons. The molecular weight excluding hydrogens is 150 g/mol. The van der Waals surface area contributed by atoms with Crippen molar-refractivity contribution in [1.82, 2.24) is 0 Å². The van der Waals surface area contributed by atoms with Crippen molar-refractivity contribution in [3.05, 3.63) is 0 Å². The van der Waals surface area contributed by atoms with Gasteiger partial charge in [0, 0.05) is 0 Å². The highest BCUT2D eigenvalue weighted by molar-refractivity contribution is 7.16. The normalized spacial score (nSPS) is 19.3. The average Bonchev–Trinajstić information content (AvgIpc) is 2.02. The van der Waals surface area contributed by atoms with E-state index in [1.54, 1.807) is 0 Å². The van der Waals surface area contributed by atoms with E-state index in [2.05, 4.69) is 30.0 Å². The van der Waals surface area contributed by atoms with Crippen LogP contribution in [0.3, 0.4) is 0 Å². The summed E-state index contributed by atoms with van der Waals surface area (Å²) in [5.41, 5.74) is 0. The van der Waals surface area contributed by atoms with E-state index in [1.165, 1.54) is 12.6 Å². The molecule has 0 heterocycles. The molecule has 64 valence electrons. The van der Waals surface area contributed by atoms with Crippen LogP contribution in [0.25, 0.3) is 0 Å². The third-order valence-electron chi connectivity index (χ3n) is 2.52. The summed E-state index contributed by atoms with van der Waals surface area (Å²) < 4.78 is 0. The van der Waals surface area contributed by atoms with Crippen LogP contribution >= 0.6 is 9.24 Å². The molecule has 0 amide bonds. The summed E-state index contributed by atoms with van der Waals surface area (Å²) in [4.78, 5) is 0. The molecule has 0 aromatic rings. The molecule has 4 atom stereocenters. The zero-order valence-corrected chi connectivity index (χ0v) is 9.16. The highest BCUT2D eigenvalue weighted by Gasteiger charge is 2.12. The molecule has 0 bridgehead atoms. The molecule has 0 nitrogen and oxygen atoms in total. The predicted molar refractivity (Wildman–Crippen MR) is 57.2 cm³/mol. The fourth-order valence-corrected chi connectivity index (χ4v) is 1.39. The van der Waals surface area contributed by atoms with Crippen molar-refractivity contribution in [3.8, 4) is 0 Å². The van der Waals surface area contributed by atoms with Crippen LogP contribution in [0.15, 0.2) is 0 Å². The number of rotatable bonds is 5. The Kier molecular flexibility index (Phi) is 6.33. The van der Waals surface area contributed by atoms with Crippen molar-refractivity contribution in [2.24, 2.45) is 17.8 Å².